The van der Waals surface area contributed by atoms with Gasteiger partial charge in [-0.05, 0) is 30.7 Å². The summed E-state index contributed by atoms with van der Waals surface area (Å²) in [6, 6.07) is 18.4. The first kappa shape index (κ1) is 18.9. The van der Waals surface area contributed by atoms with Gasteiger partial charge in [0.1, 0.15) is 23.0 Å². The maximum absolute atomic E-state index is 13.6. The van der Waals surface area contributed by atoms with Crippen LogP contribution in [0.3, 0.4) is 0 Å². The second kappa shape index (κ2) is 7.32. The van der Waals surface area contributed by atoms with Crippen LogP contribution in [0.15, 0.2) is 71.3 Å². The zero-order valence-corrected chi connectivity index (χ0v) is 17.0. The van der Waals surface area contributed by atoms with Gasteiger partial charge in [-0.3, -0.25) is 4.79 Å². The van der Waals surface area contributed by atoms with Crippen LogP contribution in [-0.4, -0.2) is 37.6 Å². The van der Waals surface area contributed by atoms with E-state index in [1.165, 1.54) is 6.26 Å². The van der Waals surface area contributed by atoms with E-state index >= 15 is 0 Å². The van der Waals surface area contributed by atoms with Crippen molar-refractivity contribution < 1.29 is 22.4 Å². The van der Waals surface area contributed by atoms with Gasteiger partial charge >= 0.3 is 0 Å². The normalized spacial score (nSPS) is 18.5. The SMILES string of the molecule is O=C(C1c2ccccc2Oc2ccccc21)N1CC[C@@H](S(=O)(=O)Cc2ccco2)C1. The standard InChI is InChI=1S/C23H21NO5S/c25-23(24-12-11-17(14-24)30(26,27)15-16-6-5-13-28-16)22-18-7-1-3-9-20(18)29-21-10-4-2-8-19(21)22/h1-10,13,17,22H,11-12,14-15H2/t17-/m1/s1. The topological polar surface area (TPSA) is 76.8 Å². The van der Waals surface area contributed by atoms with E-state index in [1.807, 2.05) is 48.5 Å². The molecule has 3 aromatic rings. The lowest BCUT2D eigenvalue weighted by Gasteiger charge is -2.30. The molecule has 3 heterocycles. The summed E-state index contributed by atoms with van der Waals surface area (Å²) >= 11 is 0. The summed E-state index contributed by atoms with van der Waals surface area (Å²) in [7, 11) is -3.41. The molecular weight excluding hydrogens is 402 g/mol. The molecule has 0 bridgehead atoms. The molecule has 1 fully saturated rings. The Labute approximate surface area is 175 Å². The summed E-state index contributed by atoms with van der Waals surface area (Å²) in [5.74, 6) is 1.01. The lowest BCUT2D eigenvalue weighted by molar-refractivity contribution is -0.130. The molecule has 0 N–H and O–H groups in total. The van der Waals surface area contributed by atoms with Crippen LogP contribution in [0.5, 0.6) is 11.5 Å². The molecule has 1 atom stereocenters. The van der Waals surface area contributed by atoms with Crippen molar-refractivity contribution >= 4 is 15.7 Å². The highest BCUT2D eigenvalue weighted by Gasteiger charge is 2.40. The number of furan rings is 1. The van der Waals surface area contributed by atoms with Crippen molar-refractivity contribution in [2.75, 3.05) is 13.1 Å². The number of sulfone groups is 1. The molecule has 154 valence electrons. The minimum Gasteiger partial charge on any atom is -0.468 e. The number of fused-ring (bicyclic) bond motifs is 2. The van der Waals surface area contributed by atoms with Crippen molar-refractivity contribution in [1.29, 1.82) is 0 Å². The van der Waals surface area contributed by atoms with Crippen molar-refractivity contribution in [2.24, 2.45) is 0 Å². The summed E-state index contributed by atoms with van der Waals surface area (Å²) in [6.07, 6.45) is 1.90. The maximum atomic E-state index is 13.6. The first-order chi connectivity index (χ1) is 14.5. The van der Waals surface area contributed by atoms with Crippen LogP contribution in [0.25, 0.3) is 0 Å². The first-order valence-electron chi connectivity index (χ1n) is 9.91. The number of likely N-dealkylation sites (tertiary alicyclic amines) is 1. The average Bonchev–Trinajstić information content (AvgIpc) is 3.43. The first-order valence-corrected chi connectivity index (χ1v) is 11.6. The molecule has 1 amide bonds. The molecule has 30 heavy (non-hydrogen) atoms. The number of carbonyl (C=O) groups excluding carboxylic acids is 1. The minimum atomic E-state index is -3.41. The van der Waals surface area contributed by atoms with Gasteiger partial charge in [0.2, 0.25) is 5.91 Å². The van der Waals surface area contributed by atoms with E-state index in [2.05, 4.69) is 0 Å². The fraction of sp³-hybridized carbons (Fsp3) is 0.261. The van der Waals surface area contributed by atoms with Gasteiger partial charge in [-0.1, -0.05) is 36.4 Å². The van der Waals surface area contributed by atoms with Crippen LogP contribution in [0.4, 0.5) is 0 Å². The molecule has 6 nitrogen and oxygen atoms in total. The largest absolute Gasteiger partial charge is 0.468 e. The van der Waals surface area contributed by atoms with Gasteiger partial charge in [0.25, 0.3) is 0 Å². The van der Waals surface area contributed by atoms with Crippen LogP contribution in [0.1, 0.15) is 29.2 Å². The third-order valence-corrected chi connectivity index (χ3v) is 7.90. The number of nitrogens with zero attached hydrogens (tertiary/aromatic N) is 1. The zero-order chi connectivity index (χ0) is 20.7. The summed E-state index contributed by atoms with van der Waals surface area (Å²) in [5, 5.41) is -0.586. The number of hydrogen-bond donors (Lipinski definition) is 0. The minimum absolute atomic E-state index is 0.0890. The number of benzene rings is 2. The van der Waals surface area contributed by atoms with Crippen LogP contribution in [0, 0.1) is 0 Å². The van der Waals surface area contributed by atoms with Crippen molar-refractivity contribution in [1.82, 2.24) is 4.90 Å². The molecule has 7 heteroatoms. The van der Waals surface area contributed by atoms with Crippen LogP contribution in [-0.2, 0) is 20.4 Å². The number of ether oxygens (including phenoxy) is 1. The Morgan fingerprint density at radius 3 is 2.27 bits per heavy atom. The van der Waals surface area contributed by atoms with Crippen molar-refractivity contribution in [3.8, 4) is 11.5 Å². The predicted octanol–water partition coefficient (Wildman–Crippen LogP) is 3.73. The molecule has 2 aliphatic rings. The maximum Gasteiger partial charge on any atom is 0.234 e. The Hall–Kier alpha value is -3.06. The Morgan fingerprint density at radius 1 is 0.967 bits per heavy atom. The van der Waals surface area contributed by atoms with Crippen LogP contribution in [0.2, 0.25) is 0 Å². The number of rotatable bonds is 4. The van der Waals surface area contributed by atoms with E-state index in [4.69, 9.17) is 9.15 Å². The third kappa shape index (κ3) is 3.29. The van der Waals surface area contributed by atoms with Crippen LogP contribution < -0.4 is 4.74 Å². The Bertz CT molecular complexity index is 1140. The third-order valence-electron chi connectivity index (χ3n) is 5.81. The van der Waals surface area contributed by atoms with E-state index < -0.39 is 21.0 Å². The number of carbonyl (C=O) groups is 1. The van der Waals surface area contributed by atoms with Crippen LogP contribution >= 0.6 is 0 Å². The van der Waals surface area contributed by atoms with Gasteiger partial charge < -0.3 is 14.1 Å². The number of amides is 1. The van der Waals surface area contributed by atoms with Crippen molar-refractivity contribution in [3.63, 3.8) is 0 Å². The molecule has 2 aliphatic heterocycles. The Morgan fingerprint density at radius 2 is 1.63 bits per heavy atom. The molecule has 0 unspecified atom stereocenters. The van der Waals surface area contributed by atoms with E-state index in [0.717, 1.165) is 11.1 Å². The fourth-order valence-electron chi connectivity index (χ4n) is 4.29. The van der Waals surface area contributed by atoms with E-state index in [-0.39, 0.29) is 18.2 Å². The fourth-order valence-corrected chi connectivity index (χ4v) is 5.96. The quantitative estimate of drug-likeness (QED) is 0.639. The highest BCUT2D eigenvalue weighted by Crippen LogP contribution is 2.45. The molecule has 0 aliphatic carbocycles. The van der Waals surface area contributed by atoms with Gasteiger partial charge in [-0.25, -0.2) is 8.42 Å². The summed E-state index contributed by atoms with van der Waals surface area (Å²) in [6.45, 7) is 0.617. The Balaban J connectivity index is 1.41. The van der Waals surface area contributed by atoms with E-state index in [9.17, 15) is 13.2 Å². The molecule has 1 saturated heterocycles. The van der Waals surface area contributed by atoms with E-state index in [0.29, 0.717) is 30.2 Å². The smallest absolute Gasteiger partial charge is 0.234 e. The van der Waals surface area contributed by atoms with Gasteiger partial charge in [0.05, 0.1) is 17.4 Å². The van der Waals surface area contributed by atoms with E-state index in [1.54, 1.807) is 17.0 Å². The van der Waals surface area contributed by atoms with Crippen molar-refractivity contribution in [3.05, 3.63) is 83.8 Å². The Kier molecular flexibility index (Phi) is 4.62. The molecule has 0 saturated carbocycles. The monoisotopic (exact) mass is 423 g/mol. The summed E-state index contributed by atoms with van der Waals surface area (Å²) in [5.41, 5.74) is 1.62. The average molecular weight is 423 g/mol. The van der Waals surface area contributed by atoms with Gasteiger partial charge in [-0.2, -0.15) is 0 Å². The number of para-hydroxylation sites is 2. The molecule has 2 aromatic carbocycles. The molecule has 0 radical (unpaired) electrons. The molecular formula is C23H21NO5S. The molecule has 0 spiro atoms. The summed E-state index contributed by atoms with van der Waals surface area (Å²) in [4.78, 5) is 15.2. The van der Waals surface area contributed by atoms with Crippen molar-refractivity contribution in [2.45, 2.75) is 23.3 Å². The van der Waals surface area contributed by atoms with Gasteiger partial charge in [-0.15, -0.1) is 0 Å². The second-order valence-corrected chi connectivity index (χ2v) is 9.97. The lowest BCUT2D eigenvalue weighted by atomic mass is 9.87. The zero-order valence-electron chi connectivity index (χ0n) is 16.2. The lowest BCUT2D eigenvalue weighted by Crippen LogP contribution is -2.36. The highest BCUT2D eigenvalue weighted by molar-refractivity contribution is 7.91. The summed E-state index contributed by atoms with van der Waals surface area (Å²) < 4.78 is 36.8. The highest BCUT2D eigenvalue weighted by atomic mass is 32.2. The van der Waals surface area contributed by atoms with Gasteiger partial charge in [0.15, 0.2) is 9.84 Å². The molecule has 5 rings (SSSR count). The van der Waals surface area contributed by atoms with Gasteiger partial charge in [0, 0.05) is 24.2 Å². The second-order valence-electron chi connectivity index (χ2n) is 7.69. The predicted molar refractivity (Wildman–Crippen MR) is 111 cm³/mol. The molecule has 1 aromatic heterocycles. The number of hydrogen-bond acceptors (Lipinski definition) is 5.